The molecule has 2 aromatic carbocycles. The van der Waals surface area contributed by atoms with E-state index >= 15 is 0 Å². The molecule has 2 N–H and O–H groups in total. The Kier molecular flexibility index (Phi) is 3.63. The van der Waals surface area contributed by atoms with E-state index in [-0.39, 0.29) is 6.42 Å². The molecule has 2 nitrogen and oxygen atoms in total. The zero-order chi connectivity index (χ0) is 13.1. The molecule has 0 fully saturated rings. The molecule has 0 aliphatic rings. The molecule has 92 valence electrons. The monoisotopic (exact) mass is 263 g/mol. The molecule has 4 heteroatoms. The van der Waals surface area contributed by atoms with Gasteiger partial charge in [-0.15, -0.1) is 0 Å². The van der Waals surface area contributed by atoms with Crippen molar-refractivity contribution in [1.82, 2.24) is 0 Å². The highest BCUT2D eigenvalue weighted by molar-refractivity contribution is 6.30. The van der Waals surface area contributed by atoms with Crippen molar-refractivity contribution in [3.05, 3.63) is 58.9 Å². The zero-order valence-corrected chi connectivity index (χ0v) is 10.2. The van der Waals surface area contributed by atoms with Crippen LogP contribution < -0.4 is 5.73 Å². The number of carbonyl (C=O) groups is 1. The highest BCUT2D eigenvalue weighted by Gasteiger charge is 2.08. The van der Waals surface area contributed by atoms with Crippen LogP contribution in [0.15, 0.2) is 42.5 Å². The second kappa shape index (κ2) is 5.19. The van der Waals surface area contributed by atoms with Crippen LogP contribution in [-0.4, -0.2) is 5.91 Å². The number of hydrogen-bond acceptors (Lipinski definition) is 1. The van der Waals surface area contributed by atoms with E-state index in [0.717, 1.165) is 11.1 Å². The first-order valence-electron chi connectivity index (χ1n) is 5.39. The minimum atomic E-state index is -0.426. The summed E-state index contributed by atoms with van der Waals surface area (Å²) in [6.45, 7) is 0. The second-order valence-electron chi connectivity index (χ2n) is 3.96. The number of halogens is 2. The summed E-state index contributed by atoms with van der Waals surface area (Å²) in [6.07, 6.45) is 0.115. The number of primary amides is 1. The molecule has 0 unspecified atom stereocenters. The Morgan fingerprint density at radius 2 is 1.94 bits per heavy atom. The van der Waals surface area contributed by atoms with E-state index in [9.17, 15) is 9.18 Å². The fourth-order valence-corrected chi connectivity index (χ4v) is 2.07. The van der Waals surface area contributed by atoms with Gasteiger partial charge in [-0.2, -0.15) is 0 Å². The number of hydrogen-bond donors (Lipinski definition) is 1. The van der Waals surface area contributed by atoms with E-state index < -0.39 is 11.7 Å². The maximum Gasteiger partial charge on any atom is 0.221 e. The molecule has 0 spiro atoms. The maximum atomic E-state index is 13.3. The first kappa shape index (κ1) is 12.6. The number of benzene rings is 2. The van der Waals surface area contributed by atoms with Crippen LogP contribution in [0.5, 0.6) is 0 Å². The van der Waals surface area contributed by atoms with Crippen LogP contribution >= 0.6 is 11.6 Å². The van der Waals surface area contributed by atoms with Crippen LogP contribution in [0.3, 0.4) is 0 Å². The first-order valence-corrected chi connectivity index (χ1v) is 5.77. The fourth-order valence-electron chi connectivity index (χ4n) is 1.85. The first-order chi connectivity index (χ1) is 8.56. The minimum absolute atomic E-state index is 0.115. The largest absolute Gasteiger partial charge is 0.369 e. The molecule has 0 radical (unpaired) electrons. The van der Waals surface area contributed by atoms with Crippen molar-refractivity contribution in [3.8, 4) is 11.1 Å². The van der Waals surface area contributed by atoms with Crippen molar-refractivity contribution in [2.75, 3.05) is 0 Å². The van der Waals surface area contributed by atoms with Gasteiger partial charge in [-0.25, -0.2) is 4.39 Å². The van der Waals surface area contributed by atoms with E-state index in [2.05, 4.69) is 0 Å². The summed E-state index contributed by atoms with van der Waals surface area (Å²) in [5.41, 5.74) is 7.35. The molecule has 0 aliphatic carbocycles. The third-order valence-corrected chi connectivity index (χ3v) is 2.77. The average molecular weight is 264 g/mol. The van der Waals surface area contributed by atoms with Crippen molar-refractivity contribution in [1.29, 1.82) is 0 Å². The third-order valence-electron chi connectivity index (χ3n) is 2.56. The topological polar surface area (TPSA) is 43.1 Å². The van der Waals surface area contributed by atoms with Crippen LogP contribution in [0.4, 0.5) is 4.39 Å². The summed E-state index contributed by atoms with van der Waals surface area (Å²) in [5.74, 6) is -0.837. The SMILES string of the molecule is NC(=O)Cc1ccccc1-c1cc(F)cc(Cl)c1. The van der Waals surface area contributed by atoms with E-state index in [1.165, 1.54) is 12.1 Å². The Morgan fingerprint density at radius 3 is 2.61 bits per heavy atom. The van der Waals surface area contributed by atoms with Crippen molar-refractivity contribution in [2.45, 2.75) is 6.42 Å². The number of nitrogens with two attached hydrogens (primary N) is 1. The van der Waals surface area contributed by atoms with E-state index in [4.69, 9.17) is 17.3 Å². The summed E-state index contributed by atoms with van der Waals surface area (Å²) in [6, 6.07) is 11.5. The van der Waals surface area contributed by atoms with Crippen LogP contribution in [0.25, 0.3) is 11.1 Å². The normalized spacial score (nSPS) is 10.3. The predicted molar refractivity (Wildman–Crippen MR) is 69.7 cm³/mol. The van der Waals surface area contributed by atoms with Gasteiger partial charge < -0.3 is 5.73 Å². The lowest BCUT2D eigenvalue weighted by atomic mass is 9.97. The molecule has 0 saturated heterocycles. The van der Waals surface area contributed by atoms with E-state index in [1.54, 1.807) is 12.1 Å². The Morgan fingerprint density at radius 1 is 1.22 bits per heavy atom. The molecule has 0 bridgehead atoms. The summed E-state index contributed by atoms with van der Waals surface area (Å²) < 4.78 is 13.3. The van der Waals surface area contributed by atoms with Gasteiger partial charge in [-0.1, -0.05) is 35.9 Å². The lowest BCUT2D eigenvalue weighted by Gasteiger charge is -2.08. The van der Waals surface area contributed by atoms with Gasteiger partial charge in [-0.3, -0.25) is 4.79 Å². The van der Waals surface area contributed by atoms with Gasteiger partial charge >= 0.3 is 0 Å². The van der Waals surface area contributed by atoms with E-state index in [0.29, 0.717) is 10.6 Å². The van der Waals surface area contributed by atoms with Crippen LogP contribution in [0.2, 0.25) is 5.02 Å². The van der Waals surface area contributed by atoms with Gasteiger partial charge in [0.15, 0.2) is 0 Å². The molecule has 0 heterocycles. The van der Waals surface area contributed by atoms with Crippen molar-refractivity contribution in [3.63, 3.8) is 0 Å². The second-order valence-corrected chi connectivity index (χ2v) is 4.39. The molecular weight excluding hydrogens is 253 g/mol. The average Bonchev–Trinajstić information content (AvgIpc) is 2.27. The summed E-state index contributed by atoms with van der Waals surface area (Å²) in [5, 5.41) is 0.318. The lowest BCUT2D eigenvalue weighted by molar-refractivity contribution is -0.117. The lowest BCUT2D eigenvalue weighted by Crippen LogP contribution is -2.14. The number of rotatable bonds is 3. The smallest absolute Gasteiger partial charge is 0.221 e. The van der Waals surface area contributed by atoms with E-state index in [1.807, 2.05) is 18.2 Å². The Hall–Kier alpha value is -1.87. The van der Waals surface area contributed by atoms with Crippen molar-refractivity contribution < 1.29 is 9.18 Å². The number of carbonyl (C=O) groups excluding carboxylic acids is 1. The minimum Gasteiger partial charge on any atom is -0.369 e. The molecule has 0 aliphatic heterocycles. The summed E-state index contributed by atoms with van der Waals surface area (Å²) >= 11 is 5.83. The van der Waals surface area contributed by atoms with Gasteiger partial charge in [-0.05, 0) is 34.9 Å². The van der Waals surface area contributed by atoms with Gasteiger partial charge in [0, 0.05) is 5.02 Å². The van der Waals surface area contributed by atoms with Crippen LogP contribution in [0, 0.1) is 5.82 Å². The molecule has 0 atom stereocenters. The van der Waals surface area contributed by atoms with Crippen molar-refractivity contribution >= 4 is 17.5 Å². The Labute approximate surface area is 109 Å². The molecule has 2 rings (SSSR count). The van der Waals surface area contributed by atoms with Crippen molar-refractivity contribution in [2.24, 2.45) is 5.73 Å². The van der Waals surface area contributed by atoms with Gasteiger partial charge in [0.1, 0.15) is 5.82 Å². The molecule has 0 saturated carbocycles. The van der Waals surface area contributed by atoms with Gasteiger partial charge in [0.05, 0.1) is 6.42 Å². The molecular formula is C14H11ClFNO. The highest BCUT2D eigenvalue weighted by atomic mass is 35.5. The highest BCUT2D eigenvalue weighted by Crippen LogP contribution is 2.27. The quantitative estimate of drug-likeness (QED) is 0.908. The van der Waals surface area contributed by atoms with Gasteiger partial charge in [0.2, 0.25) is 5.91 Å². The number of amides is 1. The van der Waals surface area contributed by atoms with Crippen LogP contribution in [-0.2, 0) is 11.2 Å². The standard InChI is InChI=1S/C14H11ClFNO/c15-11-5-10(6-12(16)8-11)13-4-2-1-3-9(13)7-14(17)18/h1-6,8H,7H2,(H2,17,18). The third kappa shape index (κ3) is 2.87. The Bertz CT molecular complexity index is 578. The molecule has 18 heavy (non-hydrogen) atoms. The molecule has 1 amide bonds. The zero-order valence-electron chi connectivity index (χ0n) is 9.49. The summed E-state index contributed by atoms with van der Waals surface area (Å²) in [4.78, 5) is 11.0. The van der Waals surface area contributed by atoms with Gasteiger partial charge in [0.25, 0.3) is 0 Å². The molecule has 2 aromatic rings. The summed E-state index contributed by atoms with van der Waals surface area (Å²) in [7, 11) is 0. The maximum absolute atomic E-state index is 13.3. The fraction of sp³-hybridized carbons (Fsp3) is 0.0714. The Balaban J connectivity index is 2.52. The molecule has 0 aromatic heterocycles. The van der Waals surface area contributed by atoms with Crippen LogP contribution in [0.1, 0.15) is 5.56 Å². The predicted octanol–water partition coefficient (Wildman–Crippen LogP) is 3.17.